The molecule has 112 valence electrons. The number of hydrogen-bond donors (Lipinski definition) is 1. The number of benzene rings is 1. The molecule has 0 fully saturated rings. The van der Waals surface area contributed by atoms with E-state index in [1.807, 2.05) is 41.8 Å². The van der Waals surface area contributed by atoms with Crippen molar-refractivity contribution >= 4 is 5.91 Å². The van der Waals surface area contributed by atoms with Crippen LogP contribution in [0.2, 0.25) is 0 Å². The molecular formula is C16H22N4O. The van der Waals surface area contributed by atoms with Gasteiger partial charge in [-0.3, -0.25) is 4.79 Å². The summed E-state index contributed by atoms with van der Waals surface area (Å²) in [7, 11) is 0. The summed E-state index contributed by atoms with van der Waals surface area (Å²) >= 11 is 0. The van der Waals surface area contributed by atoms with Gasteiger partial charge >= 0.3 is 0 Å². The molecule has 5 heteroatoms. The van der Waals surface area contributed by atoms with Crippen LogP contribution in [-0.4, -0.2) is 27.2 Å². The molecule has 0 aliphatic heterocycles. The SMILES string of the molecule is Cc1nncn1CCNC(=O)[C@@H](c1ccccc1)C(C)C. The van der Waals surface area contributed by atoms with Gasteiger partial charge in [-0.15, -0.1) is 10.2 Å². The monoisotopic (exact) mass is 286 g/mol. The third-order valence-corrected chi connectivity index (χ3v) is 3.57. The van der Waals surface area contributed by atoms with Gasteiger partial charge in [0.2, 0.25) is 5.91 Å². The van der Waals surface area contributed by atoms with Gasteiger partial charge in [-0.25, -0.2) is 0 Å². The van der Waals surface area contributed by atoms with Gasteiger partial charge in [0.15, 0.2) is 0 Å². The van der Waals surface area contributed by atoms with Crippen molar-refractivity contribution in [2.75, 3.05) is 6.54 Å². The molecule has 0 aliphatic carbocycles. The molecule has 1 atom stereocenters. The Morgan fingerprint density at radius 1 is 1.29 bits per heavy atom. The summed E-state index contributed by atoms with van der Waals surface area (Å²) in [5.74, 6) is 1.06. The fourth-order valence-electron chi connectivity index (χ4n) is 2.44. The maximum atomic E-state index is 12.4. The van der Waals surface area contributed by atoms with Crippen LogP contribution in [0.15, 0.2) is 36.7 Å². The van der Waals surface area contributed by atoms with Crippen molar-refractivity contribution in [2.24, 2.45) is 5.92 Å². The Balaban J connectivity index is 1.95. The highest BCUT2D eigenvalue weighted by Gasteiger charge is 2.23. The second-order valence-corrected chi connectivity index (χ2v) is 5.49. The highest BCUT2D eigenvalue weighted by Crippen LogP contribution is 2.24. The first kappa shape index (κ1) is 15.2. The van der Waals surface area contributed by atoms with E-state index in [0.717, 1.165) is 11.4 Å². The highest BCUT2D eigenvalue weighted by atomic mass is 16.1. The molecule has 1 aromatic carbocycles. The molecule has 0 aliphatic rings. The van der Waals surface area contributed by atoms with Crippen molar-refractivity contribution in [1.29, 1.82) is 0 Å². The molecule has 1 amide bonds. The van der Waals surface area contributed by atoms with Crippen LogP contribution < -0.4 is 5.32 Å². The van der Waals surface area contributed by atoms with E-state index in [1.165, 1.54) is 0 Å². The van der Waals surface area contributed by atoms with E-state index in [4.69, 9.17) is 0 Å². The van der Waals surface area contributed by atoms with Gasteiger partial charge < -0.3 is 9.88 Å². The molecule has 1 N–H and O–H groups in total. The second-order valence-electron chi connectivity index (χ2n) is 5.49. The van der Waals surface area contributed by atoms with Crippen molar-refractivity contribution in [3.8, 4) is 0 Å². The number of nitrogens with zero attached hydrogens (tertiary/aromatic N) is 3. The van der Waals surface area contributed by atoms with E-state index >= 15 is 0 Å². The smallest absolute Gasteiger partial charge is 0.227 e. The van der Waals surface area contributed by atoms with Crippen LogP contribution >= 0.6 is 0 Å². The summed E-state index contributed by atoms with van der Waals surface area (Å²) in [6.07, 6.45) is 1.68. The first-order valence-electron chi connectivity index (χ1n) is 7.26. The van der Waals surface area contributed by atoms with Crippen LogP contribution in [0.4, 0.5) is 0 Å². The van der Waals surface area contributed by atoms with Gasteiger partial charge in [-0.2, -0.15) is 0 Å². The number of aryl methyl sites for hydroxylation is 1. The number of amides is 1. The predicted octanol–water partition coefficient (Wildman–Crippen LogP) is 2.14. The van der Waals surface area contributed by atoms with E-state index in [9.17, 15) is 4.79 Å². The molecule has 0 saturated heterocycles. The quantitative estimate of drug-likeness (QED) is 0.885. The van der Waals surface area contributed by atoms with Gasteiger partial charge in [-0.05, 0) is 18.4 Å². The van der Waals surface area contributed by atoms with E-state index in [2.05, 4.69) is 29.4 Å². The lowest BCUT2D eigenvalue weighted by molar-refractivity contribution is -0.123. The topological polar surface area (TPSA) is 59.8 Å². The molecule has 5 nitrogen and oxygen atoms in total. The molecule has 1 heterocycles. The minimum absolute atomic E-state index is 0.0712. The number of hydrogen-bond acceptors (Lipinski definition) is 3. The Labute approximate surface area is 125 Å². The third-order valence-electron chi connectivity index (χ3n) is 3.57. The molecular weight excluding hydrogens is 264 g/mol. The van der Waals surface area contributed by atoms with Crippen molar-refractivity contribution < 1.29 is 4.79 Å². The Kier molecular flexibility index (Phi) is 5.09. The van der Waals surface area contributed by atoms with Gasteiger partial charge in [0.05, 0.1) is 5.92 Å². The molecule has 0 unspecified atom stereocenters. The van der Waals surface area contributed by atoms with Gasteiger partial charge in [0.25, 0.3) is 0 Å². The average molecular weight is 286 g/mol. The summed E-state index contributed by atoms with van der Waals surface area (Å²) in [5.41, 5.74) is 1.06. The second kappa shape index (κ2) is 7.02. The number of nitrogens with one attached hydrogen (secondary N) is 1. The summed E-state index contributed by atoms with van der Waals surface area (Å²) in [6.45, 7) is 7.30. The Bertz CT molecular complexity index is 577. The maximum Gasteiger partial charge on any atom is 0.227 e. The van der Waals surface area contributed by atoms with Gasteiger partial charge in [0, 0.05) is 13.1 Å². The van der Waals surface area contributed by atoms with E-state index in [1.54, 1.807) is 6.33 Å². The zero-order chi connectivity index (χ0) is 15.2. The van der Waals surface area contributed by atoms with Crippen LogP contribution in [0.25, 0.3) is 0 Å². The zero-order valence-electron chi connectivity index (χ0n) is 12.8. The fraction of sp³-hybridized carbons (Fsp3) is 0.438. The van der Waals surface area contributed by atoms with Crippen molar-refractivity contribution in [2.45, 2.75) is 33.2 Å². The highest BCUT2D eigenvalue weighted by molar-refractivity contribution is 5.83. The summed E-state index contributed by atoms with van der Waals surface area (Å²) in [5, 5.41) is 10.8. The molecule has 0 spiro atoms. The lowest BCUT2D eigenvalue weighted by Crippen LogP contribution is -2.34. The number of aromatic nitrogens is 3. The first-order chi connectivity index (χ1) is 10.1. The molecule has 2 aromatic rings. The summed E-state index contributed by atoms with van der Waals surface area (Å²) < 4.78 is 1.92. The van der Waals surface area contributed by atoms with Crippen LogP contribution in [0.1, 0.15) is 31.2 Å². The predicted molar refractivity (Wildman–Crippen MR) is 81.8 cm³/mol. The molecule has 21 heavy (non-hydrogen) atoms. The van der Waals surface area contributed by atoms with E-state index in [0.29, 0.717) is 13.1 Å². The van der Waals surface area contributed by atoms with E-state index in [-0.39, 0.29) is 17.7 Å². The largest absolute Gasteiger partial charge is 0.354 e. The molecule has 0 saturated carbocycles. The van der Waals surface area contributed by atoms with Crippen LogP contribution in [-0.2, 0) is 11.3 Å². The number of rotatable bonds is 6. The number of carbonyl (C=O) groups excluding carboxylic acids is 1. The van der Waals surface area contributed by atoms with Crippen molar-refractivity contribution in [1.82, 2.24) is 20.1 Å². The lowest BCUT2D eigenvalue weighted by Gasteiger charge is -2.20. The van der Waals surface area contributed by atoms with Crippen LogP contribution in [0.3, 0.4) is 0 Å². The minimum Gasteiger partial charge on any atom is -0.354 e. The lowest BCUT2D eigenvalue weighted by atomic mass is 9.88. The zero-order valence-corrected chi connectivity index (χ0v) is 12.8. The maximum absolute atomic E-state index is 12.4. The molecule has 1 aromatic heterocycles. The van der Waals surface area contributed by atoms with Crippen molar-refractivity contribution in [3.63, 3.8) is 0 Å². The summed E-state index contributed by atoms with van der Waals surface area (Å²) in [4.78, 5) is 12.4. The Morgan fingerprint density at radius 3 is 2.57 bits per heavy atom. The van der Waals surface area contributed by atoms with Gasteiger partial charge in [-0.1, -0.05) is 44.2 Å². The third kappa shape index (κ3) is 3.90. The summed E-state index contributed by atoms with van der Waals surface area (Å²) in [6, 6.07) is 9.92. The molecule has 0 radical (unpaired) electrons. The first-order valence-corrected chi connectivity index (χ1v) is 7.26. The Hall–Kier alpha value is -2.17. The normalized spacial score (nSPS) is 12.4. The minimum atomic E-state index is -0.117. The van der Waals surface area contributed by atoms with Crippen molar-refractivity contribution in [3.05, 3.63) is 48.0 Å². The standard InChI is InChI=1S/C16H22N4O/c1-12(2)15(14-7-5-4-6-8-14)16(21)17-9-10-20-11-18-19-13(20)3/h4-8,11-12,15H,9-10H2,1-3H3,(H,17,21)/t15-/m1/s1. The fourth-order valence-corrected chi connectivity index (χ4v) is 2.44. The van der Waals surface area contributed by atoms with Gasteiger partial charge in [0.1, 0.15) is 12.2 Å². The average Bonchev–Trinajstić information content (AvgIpc) is 2.85. The van der Waals surface area contributed by atoms with Crippen LogP contribution in [0, 0.1) is 12.8 Å². The molecule has 2 rings (SSSR count). The van der Waals surface area contributed by atoms with Crippen LogP contribution in [0.5, 0.6) is 0 Å². The van der Waals surface area contributed by atoms with E-state index < -0.39 is 0 Å². The molecule has 0 bridgehead atoms. The Morgan fingerprint density at radius 2 is 2.00 bits per heavy atom. The number of carbonyl (C=O) groups is 1.